The number of urea groups is 1. The van der Waals surface area contributed by atoms with E-state index in [2.05, 4.69) is 19.2 Å². The molecule has 1 atom stereocenters. The highest BCUT2D eigenvalue weighted by atomic mass is 16.2. The predicted octanol–water partition coefficient (Wildman–Crippen LogP) is 3.80. The van der Waals surface area contributed by atoms with E-state index in [9.17, 15) is 9.59 Å². The van der Waals surface area contributed by atoms with Crippen LogP contribution in [0.25, 0.3) is 0 Å². The molecule has 1 fully saturated rings. The van der Waals surface area contributed by atoms with Crippen LogP contribution in [0.5, 0.6) is 0 Å². The molecule has 0 bridgehead atoms. The lowest BCUT2D eigenvalue weighted by atomic mass is 9.87. The molecule has 5 nitrogen and oxygen atoms in total. The quantitative estimate of drug-likeness (QED) is 0.896. The number of hydrogen-bond acceptors (Lipinski definition) is 2. The van der Waals surface area contributed by atoms with Gasteiger partial charge in [-0.2, -0.15) is 0 Å². The number of nitrogens with one attached hydrogen (secondary N) is 1. The Morgan fingerprint density at radius 3 is 1.89 bits per heavy atom. The molecule has 0 aromatic heterocycles. The highest BCUT2D eigenvalue weighted by Crippen LogP contribution is 2.27. The van der Waals surface area contributed by atoms with E-state index in [0.717, 1.165) is 11.3 Å². The normalized spacial score (nSPS) is 15.5. The number of nitrogens with zero attached hydrogens (tertiary/aromatic N) is 2. The number of amides is 3. The van der Waals surface area contributed by atoms with Gasteiger partial charge >= 0.3 is 6.03 Å². The minimum atomic E-state index is -0.143. The maximum Gasteiger partial charge on any atom is 0.321 e. The van der Waals surface area contributed by atoms with Gasteiger partial charge in [0, 0.05) is 31.9 Å². The summed E-state index contributed by atoms with van der Waals surface area (Å²) in [7, 11) is 0. The molecule has 1 saturated heterocycles. The van der Waals surface area contributed by atoms with E-state index < -0.39 is 0 Å². The van der Waals surface area contributed by atoms with Crippen LogP contribution in [0.15, 0.2) is 60.7 Å². The zero-order valence-corrected chi connectivity index (χ0v) is 16.0. The lowest BCUT2D eigenvalue weighted by Gasteiger charge is -2.37. The molecule has 142 valence electrons. The Kier molecular flexibility index (Phi) is 6.12. The standard InChI is InChI=1S/C22H27N3O2/c1-17(2)20(18-9-5-3-6-10-18)21(26)24-13-15-25(16-14-24)22(27)23-19-11-7-4-8-12-19/h3-12,17,20H,13-16H2,1-2H3,(H,23,27). The lowest BCUT2D eigenvalue weighted by molar-refractivity contribution is -0.135. The Balaban J connectivity index is 1.59. The van der Waals surface area contributed by atoms with Crippen molar-refractivity contribution in [3.05, 3.63) is 66.2 Å². The third-order valence-corrected chi connectivity index (χ3v) is 5.00. The van der Waals surface area contributed by atoms with Gasteiger partial charge in [-0.3, -0.25) is 4.79 Å². The van der Waals surface area contributed by atoms with Gasteiger partial charge in [0.1, 0.15) is 0 Å². The van der Waals surface area contributed by atoms with Crippen molar-refractivity contribution in [2.45, 2.75) is 19.8 Å². The Morgan fingerprint density at radius 1 is 0.815 bits per heavy atom. The van der Waals surface area contributed by atoms with Crippen LogP contribution in [0, 0.1) is 5.92 Å². The molecular weight excluding hydrogens is 338 g/mol. The number of rotatable bonds is 4. The van der Waals surface area contributed by atoms with Gasteiger partial charge in [-0.25, -0.2) is 4.79 Å². The third kappa shape index (κ3) is 4.67. The van der Waals surface area contributed by atoms with Gasteiger partial charge in [0.2, 0.25) is 5.91 Å². The smallest absolute Gasteiger partial charge is 0.321 e. The van der Waals surface area contributed by atoms with Crippen LogP contribution >= 0.6 is 0 Å². The Bertz CT molecular complexity index is 754. The second kappa shape index (κ2) is 8.71. The molecule has 1 unspecified atom stereocenters. The Hall–Kier alpha value is -2.82. The molecule has 0 saturated carbocycles. The van der Waals surface area contributed by atoms with Crippen LogP contribution in [-0.2, 0) is 4.79 Å². The first-order valence-corrected chi connectivity index (χ1v) is 9.51. The van der Waals surface area contributed by atoms with Gasteiger partial charge in [-0.1, -0.05) is 62.4 Å². The minimum absolute atomic E-state index is 0.114. The van der Waals surface area contributed by atoms with Crippen LogP contribution < -0.4 is 5.32 Å². The maximum atomic E-state index is 13.1. The zero-order valence-electron chi connectivity index (χ0n) is 16.0. The van der Waals surface area contributed by atoms with E-state index in [1.807, 2.05) is 65.6 Å². The first-order valence-electron chi connectivity index (χ1n) is 9.51. The Morgan fingerprint density at radius 2 is 1.33 bits per heavy atom. The van der Waals surface area contributed by atoms with Crippen molar-refractivity contribution in [2.75, 3.05) is 31.5 Å². The number of carbonyl (C=O) groups is 2. The summed E-state index contributed by atoms with van der Waals surface area (Å²) < 4.78 is 0. The SMILES string of the molecule is CC(C)C(C(=O)N1CCN(C(=O)Nc2ccccc2)CC1)c1ccccc1. The minimum Gasteiger partial charge on any atom is -0.339 e. The summed E-state index contributed by atoms with van der Waals surface area (Å²) in [6.45, 7) is 6.39. The lowest BCUT2D eigenvalue weighted by Crippen LogP contribution is -2.53. The summed E-state index contributed by atoms with van der Waals surface area (Å²) in [5, 5.41) is 2.91. The fourth-order valence-corrected chi connectivity index (χ4v) is 3.52. The monoisotopic (exact) mass is 365 g/mol. The molecule has 1 N–H and O–H groups in total. The van der Waals surface area contributed by atoms with E-state index in [1.165, 1.54) is 0 Å². The molecule has 27 heavy (non-hydrogen) atoms. The summed E-state index contributed by atoms with van der Waals surface area (Å²) in [5.74, 6) is 0.231. The van der Waals surface area contributed by atoms with Crippen molar-refractivity contribution < 1.29 is 9.59 Å². The predicted molar refractivity (Wildman–Crippen MR) is 108 cm³/mol. The number of piperazine rings is 1. The van der Waals surface area contributed by atoms with Crippen molar-refractivity contribution in [3.63, 3.8) is 0 Å². The van der Waals surface area contributed by atoms with E-state index >= 15 is 0 Å². The summed E-state index contributed by atoms with van der Waals surface area (Å²) in [6.07, 6.45) is 0. The average molecular weight is 365 g/mol. The molecule has 0 spiro atoms. The number of carbonyl (C=O) groups excluding carboxylic acids is 2. The van der Waals surface area contributed by atoms with Gasteiger partial charge in [0.05, 0.1) is 5.92 Å². The van der Waals surface area contributed by atoms with Crippen LogP contribution in [0.1, 0.15) is 25.3 Å². The van der Waals surface area contributed by atoms with Crippen molar-refractivity contribution >= 4 is 17.6 Å². The van der Waals surface area contributed by atoms with E-state index in [0.29, 0.717) is 26.2 Å². The highest BCUT2D eigenvalue weighted by Gasteiger charge is 2.31. The first-order chi connectivity index (χ1) is 13.1. The molecule has 1 aliphatic heterocycles. The summed E-state index contributed by atoms with van der Waals surface area (Å²) >= 11 is 0. The number of para-hydroxylation sites is 1. The second-order valence-corrected chi connectivity index (χ2v) is 7.24. The van der Waals surface area contributed by atoms with E-state index in [-0.39, 0.29) is 23.8 Å². The first kappa shape index (κ1) is 19.0. The summed E-state index contributed by atoms with van der Waals surface area (Å²) in [5.41, 5.74) is 1.84. The molecule has 3 amide bonds. The molecule has 3 rings (SSSR count). The average Bonchev–Trinajstić information content (AvgIpc) is 2.69. The van der Waals surface area contributed by atoms with Crippen molar-refractivity contribution in [1.29, 1.82) is 0 Å². The molecule has 5 heteroatoms. The summed E-state index contributed by atoms with van der Waals surface area (Å²) in [4.78, 5) is 29.2. The van der Waals surface area contributed by atoms with Gasteiger partial charge in [0.15, 0.2) is 0 Å². The maximum absolute atomic E-state index is 13.1. The number of anilines is 1. The molecular formula is C22H27N3O2. The molecule has 0 aliphatic carbocycles. The number of hydrogen-bond donors (Lipinski definition) is 1. The second-order valence-electron chi connectivity index (χ2n) is 7.24. The molecule has 0 radical (unpaired) electrons. The summed E-state index contributed by atoms with van der Waals surface area (Å²) in [6, 6.07) is 19.3. The zero-order chi connectivity index (χ0) is 19.2. The van der Waals surface area contributed by atoms with E-state index in [1.54, 1.807) is 4.90 Å². The molecule has 2 aromatic carbocycles. The van der Waals surface area contributed by atoms with Gasteiger partial charge in [-0.05, 0) is 23.6 Å². The van der Waals surface area contributed by atoms with Crippen LogP contribution in [0.3, 0.4) is 0 Å². The highest BCUT2D eigenvalue weighted by molar-refractivity contribution is 5.89. The van der Waals surface area contributed by atoms with Crippen molar-refractivity contribution in [2.24, 2.45) is 5.92 Å². The van der Waals surface area contributed by atoms with Crippen LogP contribution in [0.4, 0.5) is 10.5 Å². The van der Waals surface area contributed by atoms with Crippen LogP contribution in [0.2, 0.25) is 0 Å². The topological polar surface area (TPSA) is 52.7 Å². The third-order valence-electron chi connectivity index (χ3n) is 5.00. The van der Waals surface area contributed by atoms with Crippen molar-refractivity contribution in [1.82, 2.24) is 9.80 Å². The van der Waals surface area contributed by atoms with Gasteiger partial charge in [0.25, 0.3) is 0 Å². The fourth-order valence-electron chi connectivity index (χ4n) is 3.52. The van der Waals surface area contributed by atoms with Crippen molar-refractivity contribution in [3.8, 4) is 0 Å². The van der Waals surface area contributed by atoms with Gasteiger partial charge < -0.3 is 15.1 Å². The molecule has 2 aromatic rings. The fraction of sp³-hybridized carbons (Fsp3) is 0.364. The Labute approximate surface area is 161 Å². The molecule has 1 aliphatic rings. The van der Waals surface area contributed by atoms with Gasteiger partial charge in [-0.15, -0.1) is 0 Å². The number of benzene rings is 2. The van der Waals surface area contributed by atoms with E-state index in [4.69, 9.17) is 0 Å². The molecule has 1 heterocycles. The van der Waals surface area contributed by atoms with Crippen LogP contribution in [-0.4, -0.2) is 47.9 Å². The largest absolute Gasteiger partial charge is 0.339 e.